The number of aromatic nitrogens is 2. The second-order valence-electron chi connectivity index (χ2n) is 6.54. The number of carbonyl (C=O) groups excluding carboxylic acids is 3. The Morgan fingerprint density at radius 2 is 1.79 bits per heavy atom. The van der Waals surface area contributed by atoms with Gasteiger partial charge in [0.1, 0.15) is 18.1 Å². The maximum Gasteiger partial charge on any atom is 0.326 e. The average Bonchev–Trinajstić information content (AvgIpc) is 3.16. The molecule has 1 aromatic rings. The van der Waals surface area contributed by atoms with Crippen molar-refractivity contribution in [2.75, 3.05) is 12.0 Å². The van der Waals surface area contributed by atoms with E-state index in [1.807, 2.05) is 6.26 Å². The summed E-state index contributed by atoms with van der Waals surface area (Å²) in [6.45, 7) is 2.93. The highest BCUT2D eigenvalue weighted by Crippen LogP contribution is 2.03. The molecule has 0 spiro atoms. The molecule has 29 heavy (non-hydrogen) atoms. The first-order valence-electron chi connectivity index (χ1n) is 9.01. The Kier molecular flexibility index (Phi) is 10.2. The van der Waals surface area contributed by atoms with Crippen LogP contribution in [0.4, 0.5) is 0 Å². The molecule has 0 aliphatic heterocycles. The van der Waals surface area contributed by atoms with Crippen molar-refractivity contribution < 1.29 is 24.3 Å². The molecule has 11 nitrogen and oxygen atoms in total. The molecule has 7 N–H and O–H groups in total. The molecule has 4 unspecified atom stereocenters. The van der Waals surface area contributed by atoms with E-state index in [2.05, 4.69) is 25.9 Å². The molecule has 0 saturated heterocycles. The van der Waals surface area contributed by atoms with Crippen molar-refractivity contribution in [2.45, 2.75) is 50.9 Å². The lowest BCUT2D eigenvalue weighted by Crippen LogP contribution is -2.56. The number of aliphatic carboxylic acids is 1. The van der Waals surface area contributed by atoms with Crippen LogP contribution in [0.2, 0.25) is 0 Å². The van der Waals surface area contributed by atoms with Crippen molar-refractivity contribution in [3.05, 3.63) is 18.2 Å². The van der Waals surface area contributed by atoms with E-state index in [0.717, 1.165) is 0 Å². The van der Waals surface area contributed by atoms with Crippen LogP contribution in [0.25, 0.3) is 0 Å². The first-order chi connectivity index (χ1) is 13.6. The van der Waals surface area contributed by atoms with Crippen LogP contribution in [0, 0.1) is 0 Å². The number of nitrogens with zero attached hydrogens (tertiary/aromatic N) is 1. The lowest BCUT2D eigenvalue weighted by Gasteiger charge is -2.23. The number of imidazole rings is 1. The van der Waals surface area contributed by atoms with E-state index in [9.17, 15) is 24.3 Å². The van der Waals surface area contributed by atoms with Crippen LogP contribution < -0.4 is 21.7 Å². The molecule has 0 saturated carbocycles. The zero-order valence-corrected chi connectivity index (χ0v) is 17.4. The highest BCUT2D eigenvalue weighted by molar-refractivity contribution is 7.98. The predicted molar refractivity (Wildman–Crippen MR) is 108 cm³/mol. The van der Waals surface area contributed by atoms with Gasteiger partial charge in [-0.2, -0.15) is 11.8 Å². The SMILES string of the molecule is CSCCC(NC(=O)C(C)N)C(=O)NC(C)C(=O)NC(Cc1cnc[nH]1)C(=O)O. The minimum Gasteiger partial charge on any atom is -0.480 e. The second kappa shape index (κ2) is 12.1. The monoisotopic (exact) mass is 428 g/mol. The number of carboxylic acid groups (broad SMARTS) is 1. The van der Waals surface area contributed by atoms with Crippen molar-refractivity contribution in [1.29, 1.82) is 0 Å². The van der Waals surface area contributed by atoms with Crippen LogP contribution in [0.1, 0.15) is 26.0 Å². The molecular weight excluding hydrogens is 400 g/mol. The molecule has 1 rings (SSSR count). The molecule has 1 aromatic heterocycles. The Morgan fingerprint density at radius 1 is 1.14 bits per heavy atom. The number of thioether (sulfide) groups is 1. The van der Waals surface area contributed by atoms with E-state index in [4.69, 9.17) is 5.73 Å². The third-order valence-electron chi connectivity index (χ3n) is 4.00. The van der Waals surface area contributed by atoms with E-state index < -0.39 is 47.9 Å². The maximum atomic E-state index is 12.5. The standard InChI is InChI=1S/C17H28N6O5S/c1-9(18)14(24)22-12(4-5-29-3)16(26)21-10(2)15(25)23-13(17(27)28)6-11-7-19-8-20-11/h7-10,12-13H,4-6,18H2,1-3H3,(H,19,20)(H,21,26)(H,22,24)(H,23,25)(H,27,28). The Hall–Kier alpha value is -2.60. The normalized spacial score (nSPS) is 14.9. The first kappa shape index (κ1) is 24.4. The fourth-order valence-electron chi connectivity index (χ4n) is 2.30. The molecule has 3 amide bonds. The van der Waals surface area contributed by atoms with Gasteiger partial charge in [0, 0.05) is 18.3 Å². The van der Waals surface area contributed by atoms with Crippen LogP contribution in [0.5, 0.6) is 0 Å². The maximum absolute atomic E-state index is 12.5. The topological polar surface area (TPSA) is 179 Å². The number of hydrogen-bond donors (Lipinski definition) is 6. The molecule has 4 atom stereocenters. The minimum absolute atomic E-state index is 0.0164. The molecule has 0 fully saturated rings. The van der Waals surface area contributed by atoms with Crippen molar-refractivity contribution in [1.82, 2.24) is 25.9 Å². The van der Waals surface area contributed by atoms with Gasteiger partial charge >= 0.3 is 5.97 Å². The number of H-pyrrole nitrogens is 1. The van der Waals surface area contributed by atoms with E-state index >= 15 is 0 Å². The number of nitrogens with one attached hydrogen (secondary N) is 4. The van der Waals surface area contributed by atoms with Gasteiger partial charge in [0.25, 0.3) is 0 Å². The van der Waals surface area contributed by atoms with Gasteiger partial charge in [0.15, 0.2) is 0 Å². The molecule has 0 radical (unpaired) electrons. The number of aromatic amines is 1. The van der Waals surface area contributed by atoms with E-state index in [1.54, 1.807) is 0 Å². The highest BCUT2D eigenvalue weighted by Gasteiger charge is 2.27. The van der Waals surface area contributed by atoms with E-state index in [0.29, 0.717) is 17.9 Å². The number of rotatable bonds is 12. The fourth-order valence-corrected chi connectivity index (χ4v) is 2.77. The van der Waals surface area contributed by atoms with Crippen molar-refractivity contribution in [2.24, 2.45) is 5.73 Å². The van der Waals surface area contributed by atoms with Crippen LogP contribution in [-0.4, -0.2) is 74.9 Å². The third kappa shape index (κ3) is 8.52. The van der Waals surface area contributed by atoms with Gasteiger partial charge < -0.3 is 31.8 Å². The molecule has 0 aliphatic rings. The number of hydrogen-bond acceptors (Lipinski definition) is 7. The third-order valence-corrected chi connectivity index (χ3v) is 4.65. The Balaban J connectivity index is 2.69. The largest absolute Gasteiger partial charge is 0.480 e. The van der Waals surface area contributed by atoms with Gasteiger partial charge in [-0.3, -0.25) is 14.4 Å². The smallest absolute Gasteiger partial charge is 0.326 e. The van der Waals surface area contributed by atoms with Crippen LogP contribution in [0.3, 0.4) is 0 Å². The summed E-state index contributed by atoms with van der Waals surface area (Å²) in [6, 6.07) is -3.82. The Bertz CT molecular complexity index is 696. The first-order valence-corrected chi connectivity index (χ1v) is 10.4. The van der Waals surface area contributed by atoms with Gasteiger partial charge in [0.2, 0.25) is 17.7 Å². The predicted octanol–water partition coefficient (Wildman–Crippen LogP) is -1.39. The Labute approximate surface area is 173 Å². The minimum atomic E-state index is -1.21. The summed E-state index contributed by atoms with van der Waals surface area (Å²) in [4.78, 5) is 54.7. The summed E-state index contributed by atoms with van der Waals surface area (Å²) < 4.78 is 0. The Morgan fingerprint density at radius 3 is 2.31 bits per heavy atom. The summed E-state index contributed by atoms with van der Waals surface area (Å²) >= 11 is 1.51. The molecule has 0 aromatic carbocycles. The molecule has 162 valence electrons. The number of carboxylic acids is 1. The molecule has 0 aliphatic carbocycles. The van der Waals surface area contributed by atoms with Crippen molar-refractivity contribution in [3.8, 4) is 0 Å². The highest BCUT2D eigenvalue weighted by atomic mass is 32.2. The summed E-state index contributed by atoms with van der Waals surface area (Å²) in [5.74, 6) is -2.28. The van der Waals surface area contributed by atoms with E-state index in [-0.39, 0.29) is 6.42 Å². The molecular formula is C17H28N6O5S. The van der Waals surface area contributed by atoms with Gasteiger partial charge in [0.05, 0.1) is 12.4 Å². The second-order valence-corrected chi connectivity index (χ2v) is 7.53. The van der Waals surface area contributed by atoms with E-state index in [1.165, 1.54) is 38.1 Å². The van der Waals surface area contributed by atoms with Crippen LogP contribution in [0.15, 0.2) is 12.5 Å². The lowest BCUT2D eigenvalue weighted by atomic mass is 10.1. The van der Waals surface area contributed by atoms with Gasteiger partial charge in [-0.05, 0) is 32.3 Å². The van der Waals surface area contributed by atoms with Crippen molar-refractivity contribution in [3.63, 3.8) is 0 Å². The zero-order chi connectivity index (χ0) is 22.0. The quantitative estimate of drug-likeness (QED) is 0.235. The summed E-state index contributed by atoms with van der Waals surface area (Å²) in [5.41, 5.74) is 6.07. The summed E-state index contributed by atoms with van der Waals surface area (Å²) in [6.07, 6.45) is 5.11. The van der Waals surface area contributed by atoms with Crippen LogP contribution >= 0.6 is 11.8 Å². The molecule has 0 bridgehead atoms. The van der Waals surface area contributed by atoms with Gasteiger partial charge in [-0.15, -0.1) is 0 Å². The van der Waals surface area contributed by atoms with Gasteiger partial charge in [-0.25, -0.2) is 9.78 Å². The number of amides is 3. The molecule has 1 heterocycles. The fraction of sp³-hybridized carbons (Fsp3) is 0.588. The molecule has 12 heteroatoms. The lowest BCUT2D eigenvalue weighted by molar-refractivity contribution is -0.142. The van der Waals surface area contributed by atoms with Crippen molar-refractivity contribution >= 4 is 35.5 Å². The number of carbonyl (C=O) groups is 4. The summed E-state index contributed by atoms with van der Waals surface area (Å²) in [5, 5.41) is 16.8. The average molecular weight is 429 g/mol. The summed E-state index contributed by atoms with van der Waals surface area (Å²) in [7, 11) is 0. The zero-order valence-electron chi connectivity index (χ0n) is 16.6. The number of nitrogens with two attached hydrogens (primary N) is 1. The van der Waals surface area contributed by atoms with Gasteiger partial charge in [-0.1, -0.05) is 0 Å². The van der Waals surface area contributed by atoms with Crippen LogP contribution in [-0.2, 0) is 25.6 Å².